The van der Waals surface area contributed by atoms with E-state index < -0.39 is 24.2 Å². The summed E-state index contributed by atoms with van der Waals surface area (Å²) in [6.07, 6.45) is -7.07. The molecular formula is C11H12F5N. The molecule has 1 aromatic rings. The highest BCUT2D eigenvalue weighted by molar-refractivity contribution is 5.29. The first-order chi connectivity index (χ1) is 7.82. The fraction of sp³-hybridized carbons (Fsp3) is 0.455. The van der Waals surface area contributed by atoms with E-state index in [1.54, 1.807) is 0 Å². The van der Waals surface area contributed by atoms with Crippen LogP contribution in [0, 0.1) is 0 Å². The third-order valence-electron chi connectivity index (χ3n) is 2.32. The van der Waals surface area contributed by atoms with Gasteiger partial charge in [0.25, 0.3) is 6.43 Å². The van der Waals surface area contributed by atoms with Crippen LogP contribution < -0.4 is 5.32 Å². The van der Waals surface area contributed by atoms with Crippen LogP contribution in [0.3, 0.4) is 0 Å². The van der Waals surface area contributed by atoms with E-state index >= 15 is 0 Å². The van der Waals surface area contributed by atoms with E-state index in [-0.39, 0.29) is 12.1 Å². The van der Waals surface area contributed by atoms with Crippen LogP contribution in [0.1, 0.15) is 18.1 Å². The first kappa shape index (κ1) is 13.9. The van der Waals surface area contributed by atoms with Crippen molar-refractivity contribution in [1.82, 2.24) is 5.32 Å². The molecule has 1 rings (SSSR count). The highest BCUT2D eigenvalue weighted by Crippen LogP contribution is 2.31. The number of hydrogen-bond donors (Lipinski definition) is 1. The summed E-state index contributed by atoms with van der Waals surface area (Å²) < 4.78 is 62.0. The van der Waals surface area contributed by atoms with Crippen LogP contribution >= 0.6 is 0 Å². The zero-order valence-corrected chi connectivity index (χ0v) is 9.06. The summed E-state index contributed by atoms with van der Waals surface area (Å²) >= 11 is 0. The lowest BCUT2D eigenvalue weighted by Gasteiger charge is -2.16. The molecule has 17 heavy (non-hydrogen) atoms. The highest BCUT2D eigenvalue weighted by atomic mass is 19.4. The maximum atomic E-state index is 12.6. The molecule has 1 atom stereocenters. The summed E-state index contributed by atoms with van der Waals surface area (Å²) in [4.78, 5) is 0. The topological polar surface area (TPSA) is 12.0 Å². The number of halogens is 5. The minimum Gasteiger partial charge on any atom is -0.305 e. The second-order valence-corrected chi connectivity index (χ2v) is 3.66. The Hall–Kier alpha value is -1.17. The molecule has 1 nitrogen and oxygen atoms in total. The lowest BCUT2D eigenvalue weighted by Crippen LogP contribution is -2.32. The summed E-state index contributed by atoms with van der Waals surface area (Å²) in [5.74, 6) is 0. The monoisotopic (exact) mass is 253 g/mol. The van der Waals surface area contributed by atoms with Gasteiger partial charge in [0, 0.05) is 6.54 Å². The molecule has 0 saturated carbocycles. The lowest BCUT2D eigenvalue weighted by atomic mass is 10.1. The van der Waals surface area contributed by atoms with Gasteiger partial charge in [-0.25, -0.2) is 8.78 Å². The first-order valence-electron chi connectivity index (χ1n) is 4.99. The van der Waals surface area contributed by atoms with E-state index in [0.29, 0.717) is 0 Å². The molecule has 96 valence electrons. The molecule has 1 aromatic carbocycles. The maximum Gasteiger partial charge on any atom is 0.416 e. The van der Waals surface area contributed by atoms with Gasteiger partial charge >= 0.3 is 6.18 Å². The normalized spacial score (nSPS) is 14.1. The molecule has 0 radical (unpaired) electrons. The zero-order valence-electron chi connectivity index (χ0n) is 9.06. The van der Waals surface area contributed by atoms with E-state index in [4.69, 9.17) is 0 Å². The molecule has 0 aliphatic carbocycles. The summed E-state index contributed by atoms with van der Waals surface area (Å²) in [5.41, 5.74) is -0.832. The number of nitrogens with one attached hydrogen (secondary N) is 1. The minimum atomic E-state index is -4.47. The van der Waals surface area contributed by atoms with Crippen molar-refractivity contribution in [1.29, 1.82) is 0 Å². The van der Waals surface area contributed by atoms with E-state index in [2.05, 4.69) is 5.32 Å². The van der Waals surface area contributed by atoms with Gasteiger partial charge in [0.1, 0.15) is 0 Å². The van der Waals surface area contributed by atoms with Crippen LogP contribution in [0.2, 0.25) is 0 Å². The van der Waals surface area contributed by atoms with Crippen LogP contribution in [0.25, 0.3) is 0 Å². The molecule has 0 saturated heterocycles. The Morgan fingerprint density at radius 2 is 1.76 bits per heavy atom. The third-order valence-corrected chi connectivity index (χ3v) is 2.32. The Morgan fingerprint density at radius 3 is 2.29 bits per heavy atom. The van der Waals surface area contributed by atoms with Crippen molar-refractivity contribution < 1.29 is 22.0 Å². The third kappa shape index (κ3) is 3.96. The molecule has 0 aliphatic heterocycles. The predicted molar refractivity (Wildman–Crippen MR) is 53.7 cm³/mol. The number of benzene rings is 1. The van der Waals surface area contributed by atoms with Crippen LogP contribution in [0.15, 0.2) is 24.3 Å². The van der Waals surface area contributed by atoms with E-state index in [1.807, 2.05) is 0 Å². The van der Waals surface area contributed by atoms with Crippen molar-refractivity contribution in [3.63, 3.8) is 0 Å². The minimum absolute atomic E-state index is 0.0347. The van der Waals surface area contributed by atoms with E-state index in [0.717, 1.165) is 6.07 Å². The second-order valence-electron chi connectivity index (χ2n) is 3.66. The summed E-state index contributed by atoms with van der Waals surface area (Å²) in [6, 6.07) is 3.77. The fourth-order valence-corrected chi connectivity index (χ4v) is 1.31. The second kappa shape index (κ2) is 5.44. The summed E-state index contributed by atoms with van der Waals surface area (Å²) in [6.45, 7) is 0.988. The smallest absolute Gasteiger partial charge is 0.305 e. The highest BCUT2D eigenvalue weighted by Gasteiger charge is 2.32. The van der Waals surface area contributed by atoms with Gasteiger partial charge in [-0.05, 0) is 18.6 Å². The molecule has 0 aromatic heterocycles. The van der Waals surface area contributed by atoms with Gasteiger partial charge in [0.2, 0.25) is 0 Å². The Balaban J connectivity index is 2.78. The molecule has 1 unspecified atom stereocenters. The van der Waals surface area contributed by atoms with Crippen molar-refractivity contribution in [2.45, 2.75) is 32.1 Å². The summed E-state index contributed by atoms with van der Waals surface area (Å²) in [7, 11) is 0. The van der Waals surface area contributed by atoms with Crippen molar-refractivity contribution in [3.8, 4) is 0 Å². The molecule has 1 N–H and O–H groups in total. The van der Waals surface area contributed by atoms with Gasteiger partial charge in [-0.3, -0.25) is 0 Å². The molecular weight excluding hydrogens is 241 g/mol. The fourth-order valence-electron chi connectivity index (χ4n) is 1.31. The van der Waals surface area contributed by atoms with Gasteiger partial charge in [0.15, 0.2) is 0 Å². The van der Waals surface area contributed by atoms with Crippen LogP contribution in [0.4, 0.5) is 22.0 Å². The largest absolute Gasteiger partial charge is 0.416 e. The lowest BCUT2D eigenvalue weighted by molar-refractivity contribution is -0.138. The van der Waals surface area contributed by atoms with E-state index in [1.165, 1.54) is 25.1 Å². The van der Waals surface area contributed by atoms with Gasteiger partial charge in [0.05, 0.1) is 11.6 Å². The van der Waals surface area contributed by atoms with Gasteiger partial charge < -0.3 is 5.32 Å². The Labute approximate surface area is 95.6 Å². The Bertz CT molecular complexity index is 361. The van der Waals surface area contributed by atoms with Crippen LogP contribution in [-0.2, 0) is 12.7 Å². The van der Waals surface area contributed by atoms with Crippen molar-refractivity contribution in [2.24, 2.45) is 0 Å². The molecule has 6 heteroatoms. The average Bonchev–Trinajstić information content (AvgIpc) is 2.24. The summed E-state index contributed by atoms with van der Waals surface area (Å²) in [5, 5.41) is 2.36. The van der Waals surface area contributed by atoms with Crippen molar-refractivity contribution in [3.05, 3.63) is 35.4 Å². The number of hydrogen-bond acceptors (Lipinski definition) is 1. The van der Waals surface area contributed by atoms with E-state index in [9.17, 15) is 22.0 Å². The first-order valence-corrected chi connectivity index (χ1v) is 4.99. The van der Waals surface area contributed by atoms with Crippen LogP contribution in [0.5, 0.6) is 0 Å². The van der Waals surface area contributed by atoms with Gasteiger partial charge in [-0.1, -0.05) is 18.2 Å². The Morgan fingerprint density at radius 1 is 1.18 bits per heavy atom. The standard InChI is InChI=1S/C11H12F5N/c1-7(10(12)13)17-6-8-4-2-3-5-9(8)11(14,15)16/h2-5,7,10,17H,6H2,1H3. The van der Waals surface area contributed by atoms with Crippen molar-refractivity contribution in [2.75, 3.05) is 0 Å². The zero-order chi connectivity index (χ0) is 13.1. The maximum absolute atomic E-state index is 12.6. The van der Waals surface area contributed by atoms with Crippen molar-refractivity contribution >= 4 is 0 Å². The predicted octanol–water partition coefficient (Wildman–Crippen LogP) is 3.45. The molecule has 0 spiro atoms. The molecule has 0 heterocycles. The Kier molecular flexibility index (Phi) is 4.45. The number of rotatable bonds is 4. The molecule has 0 aliphatic rings. The SMILES string of the molecule is CC(NCc1ccccc1C(F)(F)F)C(F)F. The molecule has 0 bridgehead atoms. The average molecular weight is 253 g/mol. The molecule has 0 fully saturated rings. The molecule has 0 amide bonds. The van der Waals surface area contributed by atoms with Gasteiger partial charge in [-0.15, -0.1) is 0 Å². The van der Waals surface area contributed by atoms with Gasteiger partial charge in [-0.2, -0.15) is 13.2 Å². The van der Waals surface area contributed by atoms with Crippen LogP contribution in [-0.4, -0.2) is 12.5 Å². The number of alkyl halides is 5. The quantitative estimate of drug-likeness (QED) is 0.810.